The minimum atomic E-state index is 0.00361. The molecule has 25 heavy (non-hydrogen) atoms. The van der Waals surface area contributed by atoms with Gasteiger partial charge in [-0.05, 0) is 54.2 Å². The summed E-state index contributed by atoms with van der Waals surface area (Å²) in [5.74, 6) is 0.932. The number of H-pyrrole nitrogens is 1. The van der Waals surface area contributed by atoms with Crippen LogP contribution in [0.3, 0.4) is 0 Å². The number of nitrogens with zero attached hydrogens (tertiary/aromatic N) is 1. The van der Waals surface area contributed by atoms with Crippen molar-refractivity contribution < 1.29 is 9.53 Å². The zero-order valence-corrected chi connectivity index (χ0v) is 14.1. The Morgan fingerprint density at radius 1 is 1.12 bits per heavy atom. The van der Waals surface area contributed by atoms with Crippen LogP contribution in [0.2, 0.25) is 0 Å². The van der Waals surface area contributed by atoms with Gasteiger partial charge in [0, 0.05) is 29.0 Å². The number of benzene rings is 2. The highest BCUT2D eigenvalue weighted by atomic mass is 16.5. The fraction of sp³-hybridized carbons (Fsp3) is 0.300. The fourth-order valence-electron chi connectivity index (χ4n) is 4.25. The summed E-state index contributed by atoms with van der Waals surface area (Å²) in [5.41, 5.74) is 6.81. The number of aryl methyl sites for hydroxylation is 2. The third-order valence-electron chi connectivity index (χ3n) is 5.47. The molecule has 2 heterocycles. The Labute approximate surface area is 145 Å². The van der Waals surface area contributed by atoms with E-state index in [1.165, 1.54) is 17.5 Å². The average Bonchev–Trinajstić information content (AvgIpc) is 3.26. The molecule has 1 aromatic heterocycles. The second-order valence-electron chi connectivity index (χ2n) is 6.92. The van der Waals surface area contributed by atoms with E-state index in [9.17, 15) is 4.79 Å². The van der Waals surface area contributed by atoms with Crippen LogP contribution >= 0.6 is 0 Å². The number of aromatic nitrogens is 2. The molecular weight excluding hydrogens is 314 g/mol. The van der Waals surface area contributed by atoms with Gasteiger partial charge < -0.3 is 10.1 Å². The van der Waals surface area contributed by atoms with Crippen molar-refractivity contribution in [2.24, 2.45) is 0 Å². The number of fused-ring (bicyclic) bond motifs is 3. The average molecular weight is 333 g/mol. The first-order valence-corrected chi connectivity index (χ1v) is 8.69. The minimum absolute atomic E-state index is 0.00361. The van der Waals surface area contributed by atoms with Crippen molar-refractivity contribution in [1.29, 1.82) is 0 Å². The standard InChI is InChI=1S/C20H19N3O2/c1-25-19-7-12-4-2-3-11(12)5-16(19)14-8-20(24)22-18-9-17-13(6-15(14)18)10-21-23-17/h5-7,9-10,14H,2-4,8H2,1H3,(H,21,23)(H,22,24)/t14-/m1/s1. The monoisotopic (exact) mass is 333 g/mol. The number of nitrogens with one attached hydrogen (secondary N) is 2. The molecule has 1 aliphatic heterocycles. The van der Waals surface area contributed by atoms with Gasteiger partial charge in [-0.15, -0.1) is 0 Å². The van der Waals surface area contributed by atoms with Gasteiger partial charge in [-0.2, -0.15) is 5.10 Å². The number of anilines is 1. The lowest BCUT2D eigenvalue weighted by molar-refractivity contribution is -0.116. The summed E-state index contributed by atoms with van der Waals surface area (Å²) < 4.78 is 5.70. The van der Waals surface area contributed by atoms with Crippen LogP contribution in [0.5, 0.6) is 5.75 Å². The van der Waals surface area contributed by atoms with Crippen LogP contribution in [0, 0.1) is 0 Å². The van der Waals surface area contributed by atoms with Crippen molar-refractivity contribution in [3.63, 3.8) is 0 Å². The molecule has 5 nitrogen and oxygen atoms in total. The number of carbonyl (C=O) groups is 1. The van der Waals surface area contributed by atoms with E-state index in [1.807, 2.05) is 12.3 Å². The van der Waals surface area contributed by atoms with Gasteiger partial charge >= 0.3 is 0 Å². The van der Waals surface area contributed by atoms with Crippen LogP contribution in [0.15, 0.2) is 30.5 Å². The SMILES string of the molecule is COc1cc2c(cc1[C@@H]1CC(=O)Nc3cc4[nH]ncc4cc31)CCC2. The van der Waals surface area contributed by atoms with Crippen molar-refractivity contribution in [3.05, 3.63) is 52.7 Å². The van der Waals surface area contributed by atoms with E-state index in [-0.39, 0.29) is 11.8 Å². The molecule has 5 heteroatoms. The van der Waals surface area contributed by atoms with Crippen LogP contribution in [-0.2, 0) is 17.6 Å². The number of aromatic amines is 1. The van der Waals surface area contributed by atoms with Crippen LogP contribution < -0.4 is 10.1 Å². The van der Waals surface area contributed by atoms with Gasteiger partial charge in [0.05, 0.1) is 18.8 Å². The first-order chi connectivity index (χ1) is 12.2. The molecule has 0 fully saturated rings. The second kappa shape index (κ2) is 5.34. The van der Waals surface area contributed by atoms with Crippen molar-refractivity contribution in [1.82, 2.24) is 10.2 Å². The number of carbonyl (C=O) groups excluding carboxylic acids is 1. The largest absolute Gasteiger partial charge is 0.496 e. The predicted molar refractivity (Wildman–Crippen MR) is 96.2 cm³/mol. The van der Waals surface area contributed by atoms with Gasteiger partial charge in [0.15, 0.2) is 0 Å². The highest BCUT2D eigenvalue weighted by molar-refractivity contribution is 5.98. The molecule has 2 aliphatic rings. The molecule has 5 rings (SSSR count). The maximum atomic E-state index is 12.3. The van der Waals surface area contributed by atoms with Crippen molar-refractivity contribution in [2.75, 3.05) is 12.4 Å². The molecule has 0 bridgehead atoms. The Kier molecular flexibility index (Phi) is 3.10. The molecule has 126 valence electrons. The van der Waals surface area contributed by atoms with Crippen LogP contribution in [0.4, 0.5) is 5.69 Å². The van der Waals surface area contributed by atoms with Gasteiger partial charge in [0.25, 0.3) is 0 Å². The Bertz CT molecular complexity index is 1010. The summed E-state index contributed by atoms with van der Waals surface area (Å²) in [4.78, 5) is 12.3. The van der Waals surface area contributed by atoms with Crippen LogP contribution in [0.25, 0.3) is 10.9 Å². The molecule has 1 amide bonds. The van der Waals surface area contributed by atoms with Crippen molar-refractivity contribution >= 4 is 22.5 Å². The molecule has 0 saturated heterocycles. The highest BCUT2D eigenvalue weighted by Crippen LogP contribution is 2.43. The number of hydrogen-bond donors (Lipinski definition) is 2. The zero-order chi connectivity index (χ0) is 17.0. The number of amides is 1. The maximum Gasteiger partial charge on any atom is 0.225 e. The van der Waals surface area contributed by atoms with Crippen LogP contribution in [-0.4, -0.2) is 23.2 Å². The molecule has 3 aromatic rings. The number of ether oxygens (including phenoxy) is 1. The molecular formula is C20H19N3O2. The van der Waals surface area contributed by atoms with Gasteiger partial charge in [-0.25, -0.2) is 0 Å². The van der Waals surface area contributed by atoms with E-state index >= 15 is 0 Å². The summed E-state index contributed by atoms with van der Waals surface area (Å²) in [5, 5.41) is 11.1. The maximum absolute atomic E-state index is 12.3. The van der Waals surface area contributed by atoms with Gasteiger partial charge in [-0.1, -0.05) is 6.07 Å². The van der Waals surface area contributed by atoms with Crippen molar-refractivity contribution in [2.45, 2.75) is 31.6 Å². The summed E-state index contributed by atoms with van der Waals surface area (Å²) in [6, 6.07) is 8.53. The van der Waals surface area contributed by atoms with E-state index in [1.54, 1.807) is 7.11 Å². The van der Waals surface area contributed by atoms with Gasteiger partial charge in [0.2, 0.25) is 5.91 Å². The first-order valence-electron chi connectivity index (χ1n) is 8.69. The van der Waals surface area contributed by atoms with E-state index in [0.717, 1.165) is 46.3 Å². The Hall–Kier alpha value is -2.82. The van der Waals surface area contributed by atoms with E-state index in [4.69, 9.17) is 4.74 Å². The predicted octanol–water partition coefficient (Wildman–Crippen LogP) is 3.53. The smallest absolute Gasteiger partial charge is 0.225 e. The number of rotatable bonds is 2. The summed E-state index contributed by atoms with van der Waals surface area (Å²) in [6.07, 6.45) is 5.68. The molecule has 0 saturated carbocycles. The quantitative estimate of drug-likeness (QED) is 0.754. The van der Waals surface area contributed by atoms with E-state index in [0.29, 0.717) is 6.42 Å². The molecule has 1 aliphatic carbocycles. The fourth-order valence-corrected chi connectivity index (χ4v) is 4.25. The molecule has 2 aromatic carbocycles. The summed E-state index contributed by atoms with van der Waals surface area (Å²) >= 11 is 0. The Morgan fingerprint density at radius 3 is 2.80 bits per heavy atom. The van der Waals surface area contributed by atoms with E-state index in [2.05, 4.69) is 33.7 Å². The minimum Gasteiger partial charge on any atom is -0.496 e. The van der Waals surface area contributed by atoms with Crippen molar-refractivity contribution in [3.8, 4) is 5.75 Å². The van der Waals surface area contributed by atoms with Gasteiger partial charge in [-0.3, -0.25) is 9.89 Å². The lowest BCUT2D eigenvalue weighted by atomic mass is 9.82. The lowest BCUT2D eigenvalue weighted by Gasteiger charge is -2.28. The van der Waals surface area contributed by atoms with E-state index < -0.39 is 0 Å². The first kappa shape index (κ1) is 14.5. The highest BCUT2D eigenvalue weighted by Gasteiger charge is 2.30. The normalized spacial score (nSPS) is 18.8. The molecule has 0 radical (unpaired) electrons. The summed E-state index contributed by atoms with van der Waals surface area (Å²) in [7, 11) is 1.71. The van der Waals surface area contributed by atoms with Crippen LogP contribution in [0.1, 0.15) is 41.0 Å². The second-order valence-corrected chi connectivity index (χ2v) is 6.92. The number of hydrogen-bond acceptors (Lipinski definition) is 3. The zero-order valence-electron chi connectivity index (χ0n) is 14.1. The topological polar surface area (TPSA) is 67.0 Å². The number of methoxy groups -OCH3 is 1. The Morgan fingerprint density at radius 2 is 1.96 bits per heavy atom. The molecule has 0 spiro atoms. The Balaban J connectivity index is 1.71. The third kappa shape index (κ3) is 2.22. The molecule has 2 N–H and O–H groups in total. The molecule has 0 unspecified atom stereocenters. The molecule has 1 atom stereocenters. The third-order valence-corrected chi connectivity index (χ3v) is 5.47. The lowest BCUT2D eigenvalue weighted by Crippen LogP contribution is -2.24. The summed E-state index contributed by atoms with van der Waals surface area (Å²) in [6.45, 7) is 0. The van der Waals surface area contributed by atoms with Gasteiger partial charge in [0.1, 0.15) is 5.75 Å².